The lowest BCUT2D eigenvalue weighted by molar-refractivity contribution is -0.131. The molecule has 9 nitrogen and oxygen atoms in total. The summed E-state index contributed by atoms with van der Waals surface area (Å²) in [7, 11) is 1.29. The average molecular weight is 449 g/mol. The van der Waals surface area contributed by atoms with Crippen LogP contribution in [0.3, 0.4) is 0 Å². The van der Waals surface area contributed by atoms with Gasteiger partial charge in [0.25, 0.3) is 5.91 Å². The van der Waals surface area contributed by atoms with Crippen molar-refractivity contribution in [1.82, 2.24) is 25.4 Å². The largest absolute Gasteiger partial charge is 0.493 e. The van der Waals surface area contributed by atoms with Crippen LogP contribution in [0.15, 0.2) is 18.2 Å². The van der Waals surface area contributed by atoms with Crippen molar-refractivity contribution in [3.8, 4) is 11.5 Å². The molecule has 2 fully saturated rings. The molecule has 1 saturated carbocycles. The quantitative estimate of drug-likeness (QED) is 0.641. The summed E-state index contributed by atoms with van der Waals surface area (Å²) >= 11 is 0. The number of nitrogens with one attached hydrogen (secondary N) is 2. The first-order chi connectivity index (χ1) is 15.4. The number of ether oxygens (including phenoxy) is 2. The smallest absolute Gasteiger partial charge is 0.387 e. The van der Waals surface area contributed by atoms with E-state index in [9.17, 15) is 18.4 Å². The van der Waals surface area contributed by atoms with Crippen molar-refractivity contribution in [1.29, 1.82) is 0 Å². The molecule has 2 heterocycles. The van der Waals surface area contributed by atoms with Gasteiger partial charge in [0.2, 0.25) is 5.91 Å². The summed E-state index contributed by atoms with van der Waals surface area (Å²) in [6.07, 6.45) is 3.86. The number of alkyl halides is 2. The fraction of sp³-hybridized carbons (Fsp3) is 0.524. The topological polar surface area (TPSA) is 109 Å². The number of piperidine rings is 1. The van der Waals surface area contributed by atoms with Gasteiger partial charge < -0.3 is 19.7 Å². The van der Waals surface area contributed by atoms with E-state index in [1.165, 1.54) is 25.3 Å². The Bertz CT molecular complexity index is 971. The Morgan fingerprint density at radius 2 is 1.94 bits per heavy atom. The lowest BCUT2D eigenvalue weighted by atomic mass is 9.96. The minimum atomic E-state index is -3.00. The number of aromatic amines is 1. The molecule has 1 aromatic heterocycles. The van der Waals surface area contributed by atoms with Gasteiger partial charge in [0, 0.05) is 30.5 Å². The summed E-state index contributed by atoms with van der Waals surface area (Å²) in [5.74, 6) is 1.67. The van der Waals surface area contributed by atoms with Crippen LogP contribution in [0.2, 0.25) is 0 Å². The van der Waals surface area contributed by atoms with Gasteiger partial charge in [-0.3, -0.25) is 14.7 Å². The molecule has 32 heavy (non-hydrogen) atoms. The van der Waals surface area contributed by atoms with Crippen LogP contribution >= 0.6 is 0 Å². The Morgan fingerprint density at radius 3 is 2.59 bits per heavy atom. The number of H-pyrrole nitrogens is 1. The van der Waals surface area contributed by atoms with Crippen molar-refractivity contribution in [2.24, 2.45) is 0 Å². The molecule has 0 spiro atoms. The number of rotatable bonds is 8. The Labute approximate surface area is 183 Å². The van der Waals surface area contributed by atoms with Crippen LogP contribution in [-0.2, 0) is 4.79 Å². The van der Waals surface area contributed by atoms with E-state index in [1.54, 1.807) is 4.90 Å². The zero-order valence-corrected chi connectivity index (χ0v) is 17.6. The van der Waals surface area contributed by atoms with Crippen molar-refractivity contribution < 1.29 is 27.8 Å². The molecular weight excluding hydrogens is 424 g/mol. The molecule has 1 aromatic carbocycles. The molecule has 172 valence electrons. The Balaban J connectivity index is 1.26. The van der Waals surface area contributed by atoms with Gasteiger partial charge in [0.1, 0.15) is 5.82 Å². The molecule has 2 aliphatic rings. The Kier molecular flexibility index (Phi) is 6.52. The minimum Gasteiger partial charge on any atom is -0.493 e. The first-order valence-corrected chi connectivity index (χ1v) is 10.6. The molecule has 2 N–H and O–H groups in total. The molecule has 0 radical (unpaired) electrons. The molecule has 11 heteroatoms. The molecular formula is C21H25F2N5O4. The zero-order chi connectivity index (χ0) is 22.7. The summed E-state index contributed by atoms with van der Waals surface area (Å²) in [4.78, 5) is 31.2. The van der Waals surface area contributed by atoms with E-state index in [0.29, 0.717) is 19.0 Å². The van der Waals surface area contributed by atoms with Crippen LogP contribution < -0.4 is 14.8 Å². The summed E-state index contributed by atoms with van der Waals surface area (Å²) in [5, 5.41) is 9.91. The van der Waals surface area contributed by atoms with Gasteiger partial charge in [-0.25, -0.2) is 4.98 Å². The van der Waals surface area contributed by atoms with Crippen LogP contribution in [0.4, 0.5) is 8.78 Å². The normalized spacial score (nSPS) is 16.8. The highest BCUT2D eigenvalue weighted by atomic mass is 19.3. The van der Waals surface area contributed by atoms with E-state index >= 15 is 0 Å². The average Bonchev–Trinajstić information content (AvgIpc) is 3.53. The van der Waals surface area contributed by atoms with Crippen molar-refractivity contribution in [3.63, 3.8) is 0 Å². The minimum absolute atomic E-state index is 0.00334. The number of hydrogen-bond donors (Lipinski definition) is 2. The second-order valence-electron chi connectivity index (χ2n) is 7.94. The van der Waals surface area contributed by atoms with E-state index in [1.807, 2.05) is 0 Å². The van der Waals surface area contributed by atoms with E-state index < -0.39 is 12.5 Å². The van der Waals surface area contributed by atoms with E-state index in [4.69, 9.17) is 4.74 Å². The number of amides is 2. The van der Waals surface area contributed by atoms with Crippen molar-refractivity contribution in [2.75, 3.05) is 26.7 Å². The van der Waals surface area contributed by atoms with E-state index in [-0.39, 0.29) is 35.4 Å². The van der Waals surface area contributed by atoms with Crippen LogP contribution in [0.25, 0.3) is 0 Å². The van der Waals surface area contributed by atoms with Gasteiger partial charge in [-0.15, -0.1) is 0 Å². The second-order valence-corrected chi connectivity index (χ2v) is 7.94. The van der Waals surface area contributed by atoms with E-state index in [0.717, 1.165) is 37.3 Å². The van der Waals surface area contributed by atoms with Gasteiger partial charge >= 0.3 is 6.61 Å². The zero-order valence-electron chi connectivity index (χ0n) is 17.6. The molecule has 0 bridgehead atoms. The number of likely N-dealkylation sites (tertiary alicyclic amines) is 1. The van der Waals surface area contributed by atoms with Crippen LogP contribution in [-0.4, -0.2) is 65.3 Å². The molecule has 2 amide bonds. The van der Waals surface area contributed by atoms with Crippen LogP contribution in [0.5, 0.6) is 11.5 Å². The lowest BCUT2D eigenvalue weighted by Crippen LogP contribution is -2.43. The van der Waals surface area contributed by atoms with E-state index in [2.05, 4.69) is 25.2 Å². The monoisotopic (exact) mass is 449 g/mol. The second kappa shape index (κ2) is 9.49. The lowest BCUT2D eigenvalue weighted by Gasteiger charge is -2.31. The van der Waals surface area contributed by atoms with Crippen molar-refractivity contribution in [3.05, 3.63) is 35.4 Å². The number of halogens is 2. The number of nitrogens with zero attached hydrogens (tertiary/aromatic N) is 3. The molecule has 0 unspecified atom stereocenters. The summed E-state index contributed by atoms with van der Waals surface area (Å²) < 4.78 is 34.2. The van der Waals surface area contributed by atoms with Gasteiger partial charge in [0.05, 0.1) is 13.7 Å². The number of benzene rings is 1. The maximum absolute atomic E-state index is 12.5. The third-order valence-electron chi connectivity index (χ3n) is 5.74. The molecule has 1 saturated heterocycles. The predicted octanol–water partition coefficient (Wildman–Crippen LogP) is 2.43. The fourth-order valence-electron chi connectivity index (χ4n) is 3.77. The summed E-state index contributed by atoms with van der Waals surface area (Å²) in [5.41, 5.74) is 0.173. The van der Waals surface area contributed by atoms with Crippen molar-refractivity contribution >= 4 is 11.8 Å². The number of aromatic nitrogens is 3. The first kappa shape index (κ1) is 22.0. The third-order valence-corrected chi connectivity index (χ3v) is 5.74. The molecule has 2 aromatic rings. The number of carbonyl (C=O) groups excluding carboxylic acids is 2. The molecule has 1 aliphatic carbocycles. The van der Waals surface area contributed by atoms with Crippen LogP contribution in [0.1, 0.15) is 59.5 Å². The van der Waals surface area contributed by atoms with Gasteiger partial charge in [-0.05, 0) is 43.9 Å². The number of carbonyl (C=O) groups is 2. The predicted molar refractivity (Wildman–Crippen MR) is 109 cm³/mol. The number of methoxy groups -OCH3 is 1. The maximum atomic E-state index is 12.5. The summed E-state index contributed by atoms with van der Waals surface area (Å²) in [6, 6.07) is 3.85. The maximum Gasteiger partial charge on any atom is 0.387 e. The van der Waals surface area contributed by atoms with Gasteiger partial charge in [-0.2, -0.15) is 13.9 Å². The van der Waals surface area contributed by atoms with Gasteiger partial charge in [0.15, 0.2) is 17.3 Å². The summed E-state index contributed by atoms with van der Waals surface area (Å²) in [6.45, 7) is -2.01. The third kappa shape index (κ3) is 5.14. The molecule has 0 atom stereocenters. The highest BCUT2D eigenvalue weighted by Gasteiger charge is 2.30. The highest BCUT2D eigenvalue weighted by Crippen LogP contribution is 2.38. The van der Waals surface area contributed by atoms with Crippen LogP contribution in [0, 0.1) is 0 Å². The first-order valence-electron chi connectivity index (χ1n) is 10.6. The number of hydrogen-bond acceptors (Lipinski definition) is 6. The highest BCUT2D eigenvalue weighted by molar-refractivity contribution is 5.97. The van der Waals surface area contributed by atoms with Crippen molar-refractivity contribution in [2.45, 2.75) is 44.1 Å². The Morgan fingerprint density at radius 1 is 1.19 bits per heavy atom. The van der Waals surface area contributed by atoms with Gasteiger partial charge in [-0.1, -0.05) is 0 Å². The SMILES string of the molecule is COc1cc(C(=O)NCC(=O)N2CCC(c3nc(C4CC4)n[nH]3)CC2)ccc1OC(F)F. The standard InChI is InChI=1S/C21H25F2N5O4/c1-31-16-10-14(4-5-15(16)32-21(22)23)20(30)24-11-17(29)28-8-6-13(7-9-28)19-25-18(26-27-19)12-2-3-12/h4-5,10,12-13,21H,2-3,6-9,11H2,1H3,(H,24,30)(H,25,26,27). The molecule has 1 aliphatic heterocycles. The molecule has 4 rings (SSSR count). The Hall–Kier alpha value is -3.24. The fourth-order valence-corrected chi connectivity index (χ4v) is 3.77.